The zero-order valence-electron chi connectivity index (χ0n) is 8.38. The molecule has 2 aromatic rings. The molecule has 0 radical (unpaired) electrons. The molecule has 0 atom stereocenters. The maximum Gasteiger partial charge on any atom is 0.181 e. The minimum absolute atomic E-state index is 0.288. The van der Waals surface area contributed by atoms with E-state index in [1.165, 1.54) is 0 Å². The van der Waals surface area contributed by atoms with E-state index < -0.39 is 0 Å². The van der Waals surface area contributed by atoms with E-state index in [2.05, 4.69) is 16.2 Å². The summed E-state index contributed by atoms with van der Waals surface area (Å²) in [6, 6.07) is 11.8. The molecule has 0 saturated heterocycles. The Bertz CT molecular complexity index is 493. The zero-order valence-corrected chi connectivity index (χ0v) is 8.38. The first-order valence-electron chi connectivity index (χ1n) is 4.63. The molecule has 0 N–H and O–H groups in total. The maximum atomic E-state index is 8.59. The van der Waals surface area contributed by atoms with E-state index in [9.17, 15) is 0 Å². The van der Waals surface area contributed by atoms with Crippen LogP contribution >= 0.6 is 0 Å². The van der Waals surface area contributed by atoms with Gasteiger partial charge in [-0.3, -0.25) is 4.68 Å². The highest BCUT2D eigenvalue weighted by atomic mass is 15.3. The van der Waals surface area contributed by atoms with Crippen LogP contribution in [0.3, 0.4) is 0 Å². The molecule has 0 fully saturated rings. The molecule has 1 heterocycles. The average molecular weight is 198 g/mol. The Hall–Kier alpha value is -2.15. The predicted molar refractivity (Wildman–Crippen MR) is 55.8 cm³/mol. The van der Waals surface area contributed by atoms with Gasteiger partial charge in [-0.15, -0.1) is 0 Å². The Balaban J connectivity index is 2.40. The average Bonchev–Trinajstić information content (AvgIpc) is 2.63. The first-order valence-corrected chi connectivity index (χ1v) is 4.63. The van der Waals surface area contributed by atoms with E-state index in [4.69, 9.17) is 5.26 Å². The summed E-state index contributed by atoms with van der Waals surface area (Å²) >= 11 is 0. The summed E-state index contributed by atoms with van der Waals surface area (Å²) in [6.07, 6.45) is 0.288. The third-order valence-electron chi connectivity index (χ3n) is 2.12. The summed E-state index contributed by atoms with van der Waals surface area (Å²) in [6.45, 7) is 0. The maximum absolute atomic E-state index is 8.59. The normalized spacial score (nSPS) is 9.87. The van der Waals surface area contributed by atoms with Gasteiger partial charge >= 0.3 is 0 Å². The van der Waals surface area contributed by atoms with Gasteiger partial charge in [0.2, 0.25) is 0 Å². The molecule has 0 amide bonds. The van der Waals surface area contributed by atoms with E-state index in [1.54, 1.807) is 11.7 Å². The molecule has 1 aromatic carbocycles. The van der Waals surface area contributed by atoms with E-state index in [0.717, 1.165) is 5.56 Å². The van der Waals surface area contributed by atoms with Gasteiger partial charge in [0.15, 0.2) is 5.82 Å². The molecular weight excluding hydrogens is 188 g/mol. The summed E-state index contributed by atoms with van der Waals surface area (Å²) < 4.78 is 1.64. The smallest absolute Gasteiger partial charge is 0.181 e. The molecule has 74 valence electrons. The highest BCUT2D eigenvalue weighted by molar-refractivity contribution is 5.53. The van der Waals surface area contributed by atoms with Gasteiger partial charge < -0.3 is 0 Å². The summed E-state index contributed by atoms with van der Waals surface area (Å²) in [7, 11) is 1.80. The lowest BCUT2D eigenvalue weighted by Gasteiger charge is -1.91. The lowest BCUT2D eigenvalue weighted by atomic mass is 10.2. The number of nitrogens with zero attached hydrogens (tertiary/aromatic N) is 4. The van der Waals surface area contributed by atoms with Crippen LogP contribution in [0.25, 0.3) is 11.4 Å². The van der Waals surface area contributed by atoms with Crippen LogP contribution in [0.1, 0.15) is 5.82 Å². The van der Waals surface area contributed by atoms with Crippen molar-refractivity contribution in [1.29, 1.82) is 5.26 Å². The van der Waals surface area contributed by atoms with Crippen molar-refractivity contribution < 1.29 is 0 Å². The van der Waals surface area contributed by atoms with Gasteiger partial charge in [-0.2, -0.15) is 10.4 Å². The number of benzene rings is 1. The Morgan fingerprint density at radius 1 is 1.33 bits per heavy atom. The van der Waals surface area contributed by atoms with Crippen LogP contribution in [0, 0.1) is 11.3 Å². The van der Waals surface area contributed by atoms with E-state index in [0.29, 0.717) is 11.6 Å². The van der Waals surface area contributed by atoms with Crippen molar-refractivity contribution in [3.05, 3.63) is 36.2 Å². The van der Waals surface area contributed by atoms with Crippen molar-refractivity contribution in [3.63, 3.8) is 0 Å². The largest absolute Gasteiger partial charge is 0.251 e. The SMILES string of the molecule is Cn1nc(-c2ccccc2)nc1CC#N. The standard InChI is InChI=1S/C11H10N4/c1-15-10(7-8-12)13-11(14-15)9-5-3-2-4-6-9/h2-6H,7H2,1H3. The van der Waals surface area contributed by atoms with Crippen LogP contribution in [0.4, 0.5) is 0 Å². The van der Waals surface area contributed by atoms with Gasteiger partial charge in [-0.05, 0) is 0 Å². The highest BCUT2D eigenvalue weighted by Crippen LogP contribution is 2.14. The van der Waals surface area contributed by atoms with Gasteiger partial charge in [0.25, 0.3) is 0 Å². The summed E-state index contributed by atoms with van der Waals surface area (Å²) in [4.78, 5) is 4.30. The van der Waals surface area contributed by atoms with Crippen molar-refractivity contribution in [2.75, 3.05) is 0 Å². The second-order valence-electron chi connectivity index (χ2n) is 3.18. The fraction of sp³-hybridized carbons (Fsp3) is 0.182. The van der Waals surface area contributed by atoms with Crippen molar-refractivity contribution in [3.8, 4) is 17.5 Å². The molecule has 0 aliphatic heterocycles. The highest BCUT2D eigenvalue weighted by Gasteiger charge is 2.07. The van der Waals surface area contributed by atoms with Crippen LogP contribution in [0.15, 0.2) is 30.3 Å². The Kier molecular flexibility index (Phi) is 2.46. The first-order chi connectivity index (χ1) is 7.31. The Morgan fingerprint density at radius 2 is 2.07 bits per heavy atom. The van der Waals surface area contributed by atoms with Crippen LogP contribution in [0.2, 0.25) is 0 Å². The summed E-state index contributed by atoms with van der Waals surface area (Å²) in [5.41, 5.74) is 0.970. The fourth-order valence-corrected chi connectivity index (χ4v) is 1.35. The van der Waals surface area contributed by atoms with Gasteiger partial charge in [-0.25, -0.2) is 4.98 Å². The number of hydrogen-bond donors (Lipinski definition) is 0. The van der Waals surface area contributed by atoms with Gasteiger partial charge in [0.05, 0.1) is 12.5 Å². The molecule has 0 saturated carbocycles. The van der Waals surface area contributed by atoms with Crippen LogP contribution in [0.5, 0.6) is 0 Å². The topological polar surface area (TPSA) is 54.5 Å². The van der Waals surface area contributed by atoms with Crippen molar-refractivity contribution in [1.82, 2.24) is 14.8 Å². The molecule has 0 aliphatic rings. The molecular formula is C11H10N4. The predicted octanol–water partition coefficient (Wildman–Crippen LogP) is 1.55. The van der Waals surface area contributed by atoms with Gasteiger partial charge in [0, 0.05) is 12.6 Å². The number of rotatable bonds is 2. The van der Waals surface area contributed by atoms with Crippen LogP contribution in [-0.4, -0.2) is 14.8 Å². The van der Waals surface area contributed by atoms with Gasteiger partial charge in [-0.1, -0.05) is 30.3 Å². The lowest BCUT2D eigenvalue weighted by Crippen LogP contribution is -1.97. The van der Waals surface area contributed by atoms with Crippen LogP contribution < -0.4 is 0 Å². The first kappa shape index (κ1) is 9.41. The second kappa shape index (κ2) is 3.93. The van der Waals surface area contributed by atoms with Crippen molar-refractivity contribution in [2.45, 2.75) is 6.42 Å². The molecule has 0 aliphatic carbocycles. The molecule has 4 nitrogen and oxygen atoms in total. The molecule has 0 spiro atoms. The Morgan fingerprint density at radius 3 is 2.73 bits per heavy atom. The van der Waals surface area contributed by atoms with E-state index in [-0.39, 0.29) is 6.42 Å². The second-order valence-corrected chi connectivity index (χ2v) is 3.18. The fourth-order valence-electron chi connectivity index (χ4n) is 1.35. The van der Waals surface area contributed by atoms with E-state index >= 15 is 0 Å². The monoisotopic (exact) mass is 198 g/mol. The van der Waals surface area contributed by atoms with E-state index in [1.807, 2.05) is 30.3 Å². The molecule has 4 heteroatoms. The minimum Gasteiger partial charge on any atom is -0.251 e. The Labute approximate surface area is 87.8 Å². The minimum atomic E-state index is 0.288. The molecule has 15 heavy (non-hydrogen) atoms. The number of hydrogen-bond acceptors (Lipinski definition) is 3. The summed E-state index contributed by atoms with van der Waals surface area (Å²) in [5.74, 6) is 1.36. The molecule has 0 unspecified atom stereocenters. The van der Waals surface area contributed by atoms with Crippen LogP contribution in [-0.2, 0) is 13.5 Å². The lowest BCUT2D eigenvalue weighted by molar-refractivity contribution is 0.723. The molecule has 2 rings (SSSR count). The van der Waals surface area contributed by atoms with Crippen molar-refractivity contribution >= 4 is 0 Å². The summed E-state index contributed by atoms with van der Waals surface area (Å²) in [5, 5.41) is 12.8. The third kappa shape index (κ3) is 1.86. The number of aromatic nitrogens is 3. The number of aryl methyl sites for hydroxylation is 1. The van der Waals surface area contributed by atoms with Crippen molar-refractivity contribution in [2.24, 2.45) is 7.05 Å². The zero-order chi connectivity index (χ0) is 10.7. The number of nitriles is 1. The van der Waals surface area contributed by atoms with Gasteiger partial charge in [0.1, 0.15) is 5.82 Å². The molecule has 0 bridgehead atoms. The molecule has 1 aromatic heterocycles. The third-order valence-corrected chi connectivity index (χ3v) is 2.12. The quantitative estimate of drug-likeness (QED) is 0.735.